The van der Waals surface area contributed by atoms with Gasteiger partial charge >= 0.3 is 0 Å². The normalized spacial score (nSPS) is 13.8. The van der Waals surface area contributed by atoms with Gasteiger partial charge in [-0.05, 0) is 65.8 Å². The summed E-state index contributed by atoms with van der Waals surface area (Å²) in [6.07, 6.45) is 5.66. The molecule has 3 aromatic rings. The van der Waals surface area contributed by atoms with Crippen LogP contribution in [0.5, 0.6) is 0 Å². The van der Waals surface area contributed by atoms with E-state index < -0.39 is 6.04 Å². The van der Waals surface area contributed by atoms with Gasteiger partial charge in [0.25, 0.3) is 0 Å². The largest absolute Gasteiger partial charge is 0.395 e. The minimum absolute atomic E-state index is 0.0769. The lowest BCUT2D eigenvalue weighted by atomic mass is 10.0. The van der Waals surface area contributed by atoms with Crippen LogP contribution < -0.4 is 21.3 Å². The summed E-state index contributed by atoms with van der Waals surface area (Å²) in [6.45, 7) is 0.209. The van der Waals surface area contributed by atoms with Gasteiger partial charge in [0, 0.05) is 25.4 Å². The van der Waals surface area contributed by atoms with Crippen LogP contribution in [-0.4, -0.2) is 37.1 Å². The molecule has 3 aromatic carbocycles. The number of nitrogens with one attached hydrogen (secondary N) is 4. The predicted molar refractivity (Wildman–Crippen MR) is 145 cm³/mol. The highest BCUT2D eigenvalue weighted by Crippen LogP contribution is 2.40. The lowest BCUT2D eigenvalue weighted by Gasteiger charge is -2.19. The van der Waals surface area contributed by atoms with Gasteiger partial charge < -0.3 is 21.1 Å². The number of hydrogen-bond donors (Lipinski definition) is 5. The topological polar surface area (TPSA) is 102 Å². The van der Waals surface area contributed by atoms with Gasteiger partial charge in [-0.25, -0.2) is 0 Å². The fourth-order valence-corrected chi connectivity index (χ4v) is 4.00. The van der Waals surface area contributed by atoms with Crippen molar-refractivity contribution in [2.45, 2.75) is 24.8 Å². The van der Waals surface area contributed by atoms with E-state index in [-0.39, 0.29) is 25.0 Å². The Morgan fingerprint density at radius 1 is 0.944 bits per heavy atom. The first kappa shape index (κ1) is 25.2. The van der Waals surface area contributed by atoms with E-state index in [9.17, 15) is 14.7 Å². The number of aliphatic hydroxyl groups is 1. The molecule has 2 amide bonds. The highest BCUT2D eigenvalue weighted by molar-refractivity contribution is 6.03. The van der Waals surface area contributed by atoms with Crippen LogP contribution in [0.4, 0.5) is 17.1 Å². The Hall–Kier alpha value is -3.94. The van der Waals surface area contributed by atoms with E-state index in [1.807, 2.05) is 60.7 Å². The molecule has 1 saturated carbocycles. The Labute approximate surface area is 211 Å². The average molecular weight is 485 g/mol. The van der Waals surface area contributed by atoms with Crippen LogP contribution >= 0.6 is 0 Å². The van der Waals surface area contributed by atoms with Gasteiger partial charge in [-0.2, -0.15) is 0 Å². The molecule has 1 unspecified atom stereocenters. The number of hydrogen-bond acceptors (Lipinski definition) is 5. The molecule has 0 radical (unpaired) electrons. The molecule has 1 fully saturated rings. The van der Waals surface area contributed by atoms with Gasteiger partial charge in [-0.15, -0.1) is 0 Å². The number of para-hydroxylation sites is 2. The van der Waals surface area contributed by atoms with Crippen LogP contribution in [0.1, 0.15) is 41.5 Å². The standard InChI is InChI=1S/C29H32N4O3/c1-30-25-4-2-3-5-26(25)33-27(35)17-8-20-6-9-23(10-7-20)28(31-18-19-34)29(36)32-24-15-13-22(14-16-24)21-11-12-21/h2-10,13-17,21,28,30-31,34H,11-12,18-19H2,1H3,(H,32,36)(H,33,35)/b17-8+. The fraction of sp³-hybridized carbons (Fsp3) is 0.241. The second kappa shape index (κ2) is 12.2. The van der Waals surface area contributed by atoms with Crippen LogP contribution in [0.3, 0.4) is 0 Å². The molecule has 0 bridgehead atoms. The highest BCUT2D eigenvalue weighted by Gasteiger charge is 2.24. The van der Waals surface area contributed by atoms with Crippen LogP contribution in [-0.2, 0) is 9.59 Å². The number of rotatable bonds is 11. The van der Waals surface area contributed by atoms with Gasteiger partial charge in [0.15, 0.2) is 0 Å². The number of anilines is 3. The SMILES string of the molecule is CNc1ccccc1NC(=O)/C=C/c1ccc(C(NCCO)C(=O)Nc2ccc(C3CC3)cc2)cc1. The summed E-state index contributed by atoms with van der Waals surface area (Å²) in [5.41, 5.74) is 5.18. The van der Waals surface area contributed by atoms with Gasteiger partial charge in [-0.3, -0.25) is 14.9 Å². The Kier molecular flexibility index (Phi) is 8.49. The van der Waals surface area contributed by atoms with Gasteiger partial charge in [0.2, 0.25) is 11.8 Å². The summed E-state index contributed by atoms with van der Waals surface area (Å²) in [5, 5.41) is 21.3. The number of carbonyl (C=O) groups excluding carboxylic acids is 2. The van der Waals surface area contributed by atoms with E-state index in [4.69, 9.17) is 0 Å². The van der Waals surface area contributed by atoms with Crippen LogP contribution in [0, 0.1) is 0 Å². The Balaban J connectivity index is 1.39. The van der Waals surface area contributed by atoms with Gasteiger partial charge in [0.1, 0.15) is 6.04 Å². The molecule has 1 aliphatic carbocycles. The number of aliphatic hydroxyl groups excluding tert-OH is 1. The summed E-state index contributed by atoms with van der Waals surface area (Å²) < 4.78 is 0. The third-order valence-electron chi connectivity index (χ3n) is 6.10. The Morgan fingerprint density at radius 3 is 2.28 bits per heavy atom. The minimum atomic E-state index is -0.625. The molecule has 0 aliphatic heterocycles. The van der Waals surface area contributed by atoms with Crippen LogP contribution in [0.15, 0.2) is 78.9 Å². The van der Waals surface area contributed by atoms with E-state index in [2.05, 4.69) is 33.4 Å². The number of amides is 2. The van der Waals surface area contributed by atoms with Crippen molar-refractivity contribution in [3.8, 4) is 0 Å². The third-order valence-corrected chi connectivity index (χ3v) is 6.10. The first-order valence-corrected chi connectivity index (χ1v) is 12.2. The molecular formula is C29H32N4O3. The minimum Gasteiger partial charge on any atom is -0.395 e. The van der Waals surface area contributed by atoms with E-state index in [1.165, 1.54) is 24.5 Å². The fourth-order valence-electron chi connectivity index (χ4n) is 4.00. The van der Waals surface area contributed by atoms with Crippen molar-refractivity contribution >= 4 is 35.0 Å². The quantitative estimate of drug-likeness (QED) is 0.258. The molecule has 4 rings (SSSR count). The molecule has 7 heteroatoms. The molecule has 1 aliphatic rings. The molecular weight excluding hydrogens is 452 g/mol. The van der Waals surface area contributed by atoms with E-state index in [1.54, 1.807) is 13.1 Å². The lowest BCUT2D eigenvalue weighted by Crippen LogP contribution is -2.34. The molecule has 0 heterocycles. The van der Waals surface area contributed by atoms with Crippen molar-refractivity contribution in [3.05, 3.63) is 95.6 Å². The predicted octanol–water partition coefficient (Wildman–Crippen LogP) is 4.52. The highest BCUT2D eigenvalue weighted by atomic mass is 16.3. The van der Waals surface area contributed by atoms with E-state index in [0.29, 0.717) is 11.6 Å². The van der Waals surface area contributed by atoms with Crippen molar-refractivity contribution < 1.29 is 14.7 Å². The first-order valence-electron chi connectivity index (χ1n) is 12.2. The van der Waals surface area contributed by atoms with Gasteiger partial charge in [-0.1, -0.05) is 48.5 Å². The molecule has 0 aromatic heterocycles. The summed E-state index contributed by atoms with van der Waals surface area (Å²) in [6, 6.07) is 22.2. The maximum absolute atomic E-state index is 13.0. The Bertz CT molecular complexity index is 1200. The maximum Gasteiger partial charge on any atom is 0.248 e. The van der Waals surface area contributed by atoms with Gasteiger partial charge in [0.05, 0.1) is 18.0 Å². The van der Waals surface area contributed by atoms with Crippen molar-refractivity contribution in [1.29, 1.82) is 0 Å². The zero-order valence-electron chi connectivity index (χ0n) is 20.3. The first-order chi connectivity index (χ1) is 17.6. The second-order valence-electron chi connectivity index (χ2n) is 8.78. The third kappa shape index (κ3) is 6.81. The molecule has 186 valence electrons. The molecule has 1 atom stereocenters. The van der Waals surface area contributed by atoms with Crippen molar-refractivity contribution in [3.63, 3.8) is 0 Å². The molecule has 36 heavy (non-hydrogen) atoms. The van der Waals surface area contributed by atoms with E-state index in [0.717, 1.165) is 22.5 Å². The second-order valence-corrected chi connectivity index (χ2v) is 8.78. The maximum atomic E-state index is 13.0. The van der Waals surface area contributed by atoms with Crippen LogP contribution in [0.25, 0.3) is 6.08 Å². The smallest absolute Gasteiger partial charge is 0.248 e. The summed E-state index contributed by atoms with van der Waals surface area (Å²) >= 11 is 0. The summed E-state index contributed by atoms with van der Waals surface area (Å²) in [4.78, 5) is 25.4. The molecule has 7 nitrogen and oxygen atoms in total. The summed E-state index contributed by atoms with van der Waals surface area (Å²) in [5.74, 6) is 0.223. The van der Waals surface area contributed by atoms with Crippen molar-refractivity contribution in [2.75, 3.05) is 36.1 Å². The average Bonchev–Trinajstić information content (AvgIpc) is 3.75. The molecule has 0 spiro atoms. The lowest BCUT2D eigenvalue weighted by molar-refractivity contribution is -0.118. The van der Waals surface area contributed by atoms with Crippen molar-refractivity contribution in [1.82, 2.24) is 5.32 Å². The van der Waals surface area contributed by atoms with Crippen molar-refractivity contribution in [2.24, 2.45) is 0 Å². The number of carbonyl (C=O) groups is 2. The van der Waals surface area contributed by atoms with Crippen LogP contribution in [0.2, 0.25) is 0 Å². The summed E-state index contributed by atoms with van der Waals surface area (Å²) in [7, 11) is 1.80. The molecule has 0 saturated heterocycles. The zero-order chi connectivity index (χ0) is 25.3. The monoisotopic (exact) mass is 484 g/mol. The molecule has 5 N–H and O–H groups in total. The zero-order valence-corrected chi connectivity index (χ0v) is 20.3. The number of benzene rings is 3. The van der Waals surface area contributed by atoms with E-state index >= 15 is 0 Å². The Morgan fingerprint density at radius 2 is 1.64 bits per heavy atom.